The number of quaternary nitrogens is 1. The van der Waals surface area contributed by atoms with Crippen LogP contribution < -0.4 is 4.74 Å². The lowest BCUT2D eigenvalue weighted by Crippen LogP contribution is -2.69. The van der Waals surface area contributed by atoms with Gasteiger partial charge >= 0.3 is 0 Å². The van der Waals surface area contributed by atoms with Crippen molar-refractivity contribution in [1.29, 1.82) is 0 Å². The predicted molar refractivity (Wildman–Crippen MR) is 153 cm³/mol. The summed E-state index contributed by atoms with van der Waals surface area (Å²) < 4.78 is 38.7. The lowest BCUT2D eigenvalue weighted by molar-refractivity contribution is -0.970. The molecule has 0 radical (unpaired) electrons. The van der Waals surface area contributed by atoms with E-state index in [9.17, 15) is 8.42 Å². The molecule has 208 valence electrons. The van der Waals surface area contributed by atoms with E-state index in [4.69, 9.17) is 17.0 Å². The summed E-state index contributed by atoms with van der Waals surface area (Å²) in [6.07, 6.45) is 1.70. The van der Waals surface area contributed by atoms with Crippen molar-refractivity contribution in [2.75, 3.05) is 32.8 Å². The number of rotatable bonds is 9. The molecule has 1 aromatic carbocycles. The molecule has 11 heteroatoms. The third-order valence-electron chi connectivity index (χ3n) is 8.24. The number of aromatic nitrogens is 4. The van der Waals surface area contributed by atoms with Gasteiger partial charge in [0.05, 0.1) is 48.9 Å². The Hall–Kier alpha value is -2.34. The highest BCUT2D eigenvalue weighted by atomic mass is 32.2. The van der Waals surface area contributed by atoms with Gasteiger partial charge in [0.25, 0.3) is 0 Å². The third kappa shape index (κ3) is 4.78. The summed E-state index contributed by atoms with van der Waals surface area (Å²) in [6, 6.07) is 5.41. The number of aromatic amines is 1. The quantitative estimate of drug-likeness (QED) is 0.299. The van der Waals surface area contributed by atoms with Gasteiger partial charge in [-0.15, -0.1) is 0 Å². The number of H-pyrrole nitrogens is 1. The molecule has 0 amide bonds. The van der Waals surface area contributed by atoms with Crippen LogP contribution in [0.5, 0.6) is 5.75 Å². The minimum absolute atomic E-state index is 0.201. The summed E-state index contributed by atoms with van der Waals surface area (Å²) in [7, 11) is -3.74. The number of fused-ring (bicyclic) bond motifs is 1. The second kappa shape index (κ2) is 11.0. The molecule has 1 fully saturated rings. The molecule has 0 bridgehead atoms. The Morgan fingerprint density at radius 3 is 2.34 bits per heavy atom. The van der Waals surface area contributed by atoms with Crippen LogP contribution in [0.2, 0.25) is 0 Å². The van der Waals surface area contributed by atoms with Crippen molar-refractivity contribution in [3.8, 4) is 17.1 Å². The number of nitrogens with one attached hydrogen (secondary N) is 1. The first-order chi connectivity index (χ1) is 18.0. The average Bonchev–Trinajstić information content (AvgIpc) is 3.20. The molecule has 2 atom stereocenters. The Balaban J connectivity index is 1.81. The maximum absolute atomic E-state index is 14.0. The summed E-state index contributed by atoms with van der Waals surface area (Å²) in [5.74, 6) is 1.86. The zero-order valence-electron chi connectivity index (χ0n) is 23.6. The molecule has 2 aromatic heterocycles. The fraction of sp³-hybridized carbons (Fsp3) is 0.593. The maximum Gasteiger partial charge on any atom is 0.243 e. The van der Waals surface area contributed by atoms with Crippen molar-refractivity contribution in [1.82, 2.24) is 23.9 Å². The number of likely N-dealkylation sites (N-methyl/N-ethyl adjacent to an activating group) is 1. The van der Waals surface area contributed by atoms with Crippen LogP contribution >= 0.6 is 12.2 Å². The second-order valence-corrected chi connectivity index (χ2v) is 12.6. The van der Waals surface area contributed by atoms with E-state index in [-0.39, 0.29) is 17.0 Å². The van der Waals surface area contributed by atoms with E-state index in [1.54, 1.807) is 22.5 Å². The van der Waals surface area contributed by atoms with Crippen LogP contribution in [0.4, 0.5) is 0 Å². The van der Waals surface area contributed by atoms with Crippen molar-refractivity contribution in [2.45, 2.75) is 78.3 Å². The van der Waals surface area contributed by atoms with Gasteiger partial charge in [0.15, 0.2) is 10.5 Å². The van der Waals surface area contributed by atoms with E-state index in [0.29, 0.717) is 41.5 Å². The molecular formula is C27H41N6O3S2+. The number of nitrogens with zero attached hydrogens (tertiary/aromatic N) is 5. The molecule has 1 aliphatic heterocycles. The number of benzene rings is 1. The lowest BCUT2D eigenvalue weighted by atomic mass is 10.0. The summed E-state index contributed by atoms with van der Waals surface area (Å²) in [6.45, 7) is 18.0. The summed E-state index contributed by atoms with van der Waals surface area (Å²) in [5.41, 5.74) is 2.14. The number of aryl methyl sites for hydroxylation is 2. The smallest absolute Gasteiger partial charge is 0.243 e. The molecule has 1 N–H and O–H groups in total. The summed E-state index contributed by atoms with van der Waals surface area (Å²) >= 11 is 5.65. The highest BCUT2D eigenvalue weighted by Crippen LogP contribution is 2.34. The lowest BCUT2D eigenvalue weighted by Gasteiger charge is -2.52. The van der Waals surface area contributed by atoms with E-state index >= 15 is 0 Å². The molecule has 38 heavy (non-hydrogen) atoms. The Bertz CT molecular complexity index is 1460. The molecule has 9 nitrogen and oxygen atoms in total. The third-order valence-corrected chi connectivity index (χ3v) is 10.4. The van der Waals surface area contributed by atoms with Crippen LogP contribution in [0.15, 0.2) is 23.1 Å². The first kappa shape index (κ1) is 28.7. The van der Waals surface area contributed by atoms with Crippen LogP contribution in [0.25, 0.3) is 16.9 Å². The minimum Gasteiger partial charge on any atom is -0.493 e. The molecule has 3 heterocycles. The van der Waals surface area contributed by atoms with Gasteiger partial charge in [0.1, 0.15) is 29.2 Å². The van der Waals surface area contributed by atoms with Gasteiger partial charge in [-0.3, -0.25) is 5.10 Å². The summed E-state index contributed by atoms with van der Waals surface area (Å²) in [4.78, 5) is 9.56. The van der Waals surface area contributed by atoms with Crippen molar-refractivity contribution >= 4 is 27.8 Å². The second-order valence-electron chi connectivity index (χ2n) is 10.3. The fourth-order valence-electron chi connectivity index (χ4n) is 6.13. The SMILES string of the molecule is CCCc1nc(C)c2c(=S)nc(-c3cc(S(=O)(=O)N4C[C@@H](C)[N+](CC)(CC)[C@@H](C)C4)ccc3OCC)[nH]n12. The Kier molecular flexibility index (Phi) is 8.32. The number of imidazole rings is 1. The molecule has 0 saturated carbocycles. The topological polar surface area (TPSA) is 92.6 Å². The van der Waals surface area contributed by atoms with Crippen molar-refractivity contribution in [2.24, 2.45) is 0 Å². The minimum atomic E-state index is -3.74. The van der Waals surface area contributed by atoms with Crippen molar-refractivity contribution < 1.29 is 17.6 Å². The summed E-state index contributed by atoms with van der Waals surface area (Å²) in [5, 5.41) is 3.34. The van der Waals surface area contributed by atoms with Gasteiger partial charge in [-0.2, -0.15) is 4.31 Å². The highest BCUT2D eigenvalue weighted by Gasteiger charge is 2.45. The molecule has 0 spiro atoms. The van der Waals surface area contributed by atoms with E-state index in [1.165, 1.54) is 0 Å². The molecule has 3 aromatic rings. The van der Waals surface area contributed by atoms with E-state index < -0.39 is 10.0 Å². The Labute approximate surface area is 231 Å². The van der Waals surface area contributed by atoms with Gasteiger partial charge in [-0.25, -0.2) is 22.9 Å². The van der Waals surface area contributed by atoms with E-state index in [0.717, 1.165) is 47.4 Å². The van der Waals surface area contributed by atoms with Gasteiger partial charge in [0, 0.05) is 6.42 Å². The average molecular weight is 562 g/mol. The number of piperazine rings is 1. The largest absolute Gasteiger partial charge is 0.493 e. The molecule has 1 aliphatic rings. The molecule has 0 aliphatic carbocycles. The van der Waals surface area contributed by atoms with E-state index in [2.05, 4.69) is 49.7 Å². The zero-order chi connectivity index (χ0) is 27.8. The zero-order valence-corrected chi connectivity index (χ0v) is 25.2. The number of hydrogen-bond donors (Lipinski definition) is 1. The fourth-order valence-corrected chi connectivity index (χ4v) is 8.09. The van der Waals surface area contributed by atoms with Crippen LogP contribution in [0.1, 0.15) is 59.5 Å². The van der Waals surface area contributed by atoms with Crippen LogP contribution in [-0.4, -0.2) is 81.7 Å². The molecular weight excluding hydrogens is 520 g/mol. The number of hydrogen-bond acceptors (Lipinski definition) is 6. The highest BCUT2D eigenvalue weighted by molar-refractivity contribution is 7.89. The number of ether oxygens (including phenoxy) is 1. The Morgan fingerprint density at radius 1 is 1.11 bits per heavy atom. The van der Waals surface area contributed by atoms with Crippen molar-refractivity contribution in [3.05, 3.63) is 34.4 Å². The Morgan fingerprint density at radius 2 is 1.76 bits per heavy atom. The predicted octanol–water partition coefficient (Wildman–Crippen LogP) is 4.75. The van der Waals surface area contributed by atoms with Crippen LogP contribution in [0.3, 0.4) is 0 Å². The first-order valence-corrected chi connectivity index (χ1v) is 15.5. The van der Waals surface area contributed by atoms with Gasteiger partial charge in [-0.05, 0) is 66.2 Å². The molecule has 1 saturated heterocycles. The number of sulfonamides is 1. The standard InChI is InChI=1S/C27H40N6O3S2/c1-8-12-24-28-20(7)25-27(37)29-26(30-32(24)25)22-15-21(13-14-23(22)36-11-4)38(34,35)31-16-18(5)33(9-2,10-3)19(6)17-31/h13-15,18-19H,8-12,16-17H2,1-7H3/p+1/t18-,19+. The maximum atomic E-state index is 14.0. The molecule has 4 rings (SSSR count). The normalized spacial score (nSPS) is 20.2. The van der Waals surface area contributed by atoms with E-state index in [1.807, 2.05) is 18.4 Å². The first-order valence-electron chi connectivity index (χ1n) is 13.7. The van der Waals surface area contributed by atoms with Crippen LogP contribution in [-0.2, 0) is 16.4 Å². The van der Waals surface area contributed by atoms with Gasteiger partial charge in [0.2, 0.25) is 10.0 Å². The monoisotopic (exact) mass is 561 g/mol. The molecule has 0 unspecified atom stereocenters. The van der Waals surface area contributed by atoms with Gasteiger partial charge in [-0.1, -0.05) is 19.1 Å². The van der Waals surface area contributed by atoms with Gasteiger partial charge < -0.3 is 9.22 Å². The van der Waals surface area contributed by atoms with Crippen LogP contribution in [0, 0.1) is 11.6 Å². The van der Waals surface area contributed by atoms with Crippen molar-refractivity contribution in [3.63, 3.8) is 0 Å².